The molecule has 2 heterocycles. The van der Waals surface area contributed by atoms with E-state index in [1.807, 2.05) is 0 Å². The van der Waals surface area contributed by atoms with Crippen LogP contribution in [0.25, 0.3) is 0 Å². The average Bonchev–Trinajstić information content (AvgIpc) is 3.26. The van der Waals surface area contributed by atoms with Gasteiger partial charge >= 0.3 is 5.97 Å². The van der Waals surface area contributed by atoms with Crippen LogP contribution < -0.4 is 10.2 Å². The Morgan fingerprint density at radius 2 is 1.88 bits per heavy atom. The molecule has 2 aromatic rings. The Morgan fingerprint density at radius 1 is 1.12 bits per heavy atom. The van der Waals surface area contributed by atoms with Crippen LogP contribution in [0.15, 0.2) is 47.4 Å². The minimum absolute atomic E-state index is 0.0157. The van der Waals surface area contributed by atoms with Crippen LogP contribution in [0.1, 0.15) is 22.8 Å². The molecule has 3 amide bonds. The summed E-state index contributed by atoms with van der Waals surface area (Å²) in [5.74, 6) is -2.54. The van der Waals surface area contributed by atoms with Crippen LogP contribution in [0.5, 0.6) is 0 Å². The van der Waals surface area contributed by atoms with Crippen molar-refractivity contribution in [2.75, 3.05) is 29.9 Å². The molecule has 0 aliphatic carbocycles. The highest BCUT2D eigenvalue weighted by Gasteiger charge is 2.42. The van der Waals surface area contributed by atoms with Gasteiger partial charge in [-0.05, 0) is 42.3 Å². The fraction of sp³-hybridized carbons (Fsp3) is 0.238. The number of sulfonamides is 1. The third-order valence-corrected chi connectivity index (χ3v) is 6.97. The molecule has 0 saturated carbocycles. The molecule has 11 heteroatoms. The Balaban J connectivity index is 1.33. The Bertz CT molecular complexity index is 1260. The fourth-order valence-electron chi connectivity index (χ4n) is 3.70. The summed E-state index contributed by atoms with van der Waals surface area (Å²) >= 11 is 0. The minimum Gasteiger partial charge on any atom is -0.454 e. The maximum Gasteiger partial charge on any atom is 0.327 e. The standard InChI is InChI=1S/C21H19N3O7S/c1-13(25)23-9-8-14-10-15(6-7-17(14)23)22-19(26)12-31-20(27)11-24-21(28)16-4-2-3-5-18(16)32(24,29)30/h2-7,10H,8-9,11-12H2,1H3,(H,22,26). The first-order chi connectivity index (χ1) is 15.2. The number of amides is 3. The van der Waals surface area contributed by atoms with Crippen LogP contribution in [0.3, 0.4) is 0 Å². The van der Waals surface area contributed by atoms with Gasteiger partial charge in [0.25, 0.3) is 21.8 Å². The minimum atomic E-state index is -4.14. The van der Waals surface area contributed by atoms with Crippen molar-refractivity contribution < 1.29 is 32.3 Å². The van der Waals surface area contributed by atoms with Gasteiger partial charge in [0.1, 0.15) is 11.4 Å². The van der Waals surface area contributed by atoms with E-state index in [0.717, 1.165) is 11.3 Å². The van der Waals surface area contributed by atoms with Gasteiger partial charge in [-0.1, -0.05) is 12.1 Å². The van der Waals surface area contributed by atoms with Crippen molar-refractivity contribution in [2.24, 2.45) is 0 Å². The zero-order valence-electron chi connectivity index (χ0n) is 17.0. The highest BCUT2D eigenvalue weighted by atomic mass is 32.2. The number of ether oxygens (including phenoxy) is 1. The van der Waals surface area contributed by atoms with Gasteiger partial charge in [0.05, 0.1) is 5.56 Å². The molecule has 2 aliphatic heterocycles. The number of esters is 1. The summed E-state index contributed by atoms with van der Waals surface area (Å²) in [6.07, 6.45) is 0.661. The number of rotatable bonds is 5. The van der Waals surface area contributed by atoms with E-state index in [1.54, 1.807) is 23.1 Å². The molecule has 0 bridgehead atoms. The van der Waals surface area contributed by atoms with Gasteiger partial charge in [-0.3, -0.25) is 19.2 Å². The van der Waals surface area contributed by atoms with E-state index >= 15 is 0 Å². The van der Waals surface area contributed by atoms with Gasteiger partial charge in [0.15, 0.2) is 6.61 Å². The van der Waals surface area contributed by atoms with Crippen LogP contribution in [0.4, 0.5) is 11.4 Å². The molecular weight excluding hydrogens is 438 g/mol. The number of hydrogen-bond acceptors (Lipinski definition) is 7. The summed E-state index contributed by atoms with van der Waals surface area (Å²) in [5.41, 5.74) is 2.16. The van der Waals surface area contributed by atoms with Gasteiger partial charge in [0.2, 0.25) is 5.91 Å². The maximum absolute atomic E-state index is 12.5. The van der Waals surface area contributed by atoms with Crippen molar-refractivity contribution in [3.63, 3.8) is 0 Å². The molecule has 0 saturated heterocycles. The number of anilines is 2. The van der Waals surface area contributed by atoms with Crippen molar-refractivity contribution in [3.05, 3.63) is 53.6 Å². The Morgan fingerprint density at radius 3 is 2.59 bits per heavy atom. The number of hydrogen-bond donors (Lipinski definition) is 1. The van der Waals surface area contributed by atoms with Crippen LogP contribution >= 0.6 is 0 Å². The molecule has 0 radical (unpaired) electrons. The molecule has 4 rings (SSSR count). The third kappa shape index (κ3) is 3.82. The van der Waals surface area contributed by atoms with Crippen molar-refractivity contribution in [3.8, 4) is 0 Å². The summed E-state index contributed by atoms with van der Waals surface area (Å²) in [7, 11) is -4.14. The number of carbonyl (C=O) groups is 4. The third-order valence-electron chi connectivity index (χ3n) is 5.19. The lowest BCUT2D eigenvalue weighted by Crippen LogP contribution is -2.36. The molecule has 0 fully saturated rings. The second-order valence-corrected chi connectivity index (χ2v) is 9.12. The fourth-order valence-corrected chi connectivity index (χ4v) is 5.21. The Labute approximate surface area is 183 Å². The predicted molar refractivity (Wildman–Crippen MR) is 112 cm³/mol. The summed E-state index contributed by atoms with van der Waals surface area (Å²) in [5, 5.41) is 2.59. The molecular formula is C21H19N3O7S. The molecule has 0 unspecified atom stereocenters. The molecule has 1 N–H and O–H groups in total. The van der Waals surface area contributed by atoms with Crippen molar-refractivity contribution in [2.45, 2.75) is 18.2 Å². The smallest absolute Gasteiger partial charge is 0.327 e. The van der Waals surface area contributed by atoms with Gasteiger partial charge in [-0.25, -0.2) is 12.7 Å². The van der Waals surface area contributed by atoms with E-state index in [-0.39, 0.29) is 16.4 Å². The lowest BCUT2D eigenvalue weighted by atomic mass is 10.1. The highest BCUT2D eigenvalue weighted by Crippen LogP contribution is 2.31. The van der Waals surface area contributed by atoms with Crippen LogP contribution in [0, 0.1) is 0 Å². The SMILES string of the molecule is CC(=O)N1CCc2cc(NC(=O)COC(=O)CN3C(=O)c4ccccc4S3(=O)=O)ccc21. The Kier molecular flexibility index (Phi) is 5.43. The van der Waals surface area contributed by atoms with Crippen LogP contribution in [0.2, 0.25) is 0 Å². The van der Waals surface area contributed by atoms with Gasteiger partial charge < -0.3 is 15.0 Å². The highest BCUT2D eigenvalue weighted by molar-refractivity contribution is 7.90. The van der Waals surface area contributed by atoms with E-state index in [4.69, 9.17) is 4.74 Å². The topological polar surface area (TPSA) is 130 Å². The van der Waals surface area contributed by atoms with Gasteiger partial charge in [-0.15, -0.1) is 0 Å². The summed E-state index contributed by atoms with van der Waals surface area (Å²) in [6.45, 7) is 0.577. The second-order valence-electron chi connectivity index (χ2n) is 7.29. The number of nitrogens with one attached hydrogen (secondary N) is 1. The van der Waals surface area contributed by atoms with E-state index in [2.05, 4.69) is 5.32 Å². The molecule has 10 nitrogen and oxygen atoms in total. The molecule has 166 valence electrons. The number of fused-ring (bicyclic) bond motifs is 2. The van der Waals surface area contributed by atoms with Crippen molar-refractivity contribution in [1.82, 2.24) is 4.31 Å². The predicted octanol–water partition coefficient (Wildman–Crippen LogP) is 0.922. The van der Waals surface area contributed by atoms with Crippen molar-refractivity contribution >= 4 is 45.1 Å². The lowest BCUT2D eigenvalue weighted by molar-refractivity contribution is -0.147. The molecule has 0 atom stereocenters. The second kappa shape index (κ2) is 8.08. The summed E-state index contributed by atoms with van der Waals surface area (Å²) in [4.78, 5) is 49.7. The summed E-state index contributed by atoms with van der Waals surface area (Å²) < 4.78 is 30.2. The zero-order chi connectivity index (χ0) is 23.0. The average molecular weight is 457 g/mol. The number of nitrogens with zero attached hydrogens (tertiary/aromatic N) is 2. The largest absolute Gasteiger partial charge is 0.454 e. The first kappa shape index (κ1) is 21.5. The quantitative estimate of drug-likeness (QED) is 0.661. The summed E-state index contributed by atoms with van der Waals surface area (Å²) in [6, 6.07) is 10.7. The molecule has 2 aromatic carbocycles. The first-order valence-corrected chi connectivity index (χ1v) is 11.1. The van der Waals surface area contributed by atoms with E-state index in [1.165, 1.54) is 31.2 Å². The maximum atomic E-state index is 12.5. The van der Waals surface area contributed by atoms with Crippen LogP contribution in [-0.2, 0) is 35.6 Å². The molecule has 0 aromatic heterocycles. The molecule has 2 aliphatic rings. The molecule has 32 heavy (non-hydrogen) atoms. The van der Waals surface area contributed by atoms with Crippen molar-refractivity contribution in [1.29, 1.82) is 0 Å². The van der Waals surface area contributed by atoms with Gasteiger partial charge in [0, 0.05) is 24.8 Å². The normalized spacial score (nSPS) is 15.8. The lowest BCUT2D eigenvalue weighted by Gasteiger charge is -2.15. The van der Waals surface area contributed by atoms with Gasteiger partial charge in [-0.2, -0.15) is 0 Å². The monoisotopic (exact) mass is 457 g/mol. The number of benzene rings is 2. The van der Waals surface area contributed by atoms with E-state index < -0.39 is 41.0 Å². The molecule has 0 spiro atoms. The van der Waals surface area contributed by atoms with E-state index in [9.17, 15) is 27.6 Å². The Hall–Kier alpha value is -3.73. The zero-order valence-corrected chi connectivity index (χ0v) is 17.8. The van der Waals surface area contributed by atoms with E-state index in [0.29, 0.717) is 23.0 Å². The first-order valence-electron chi connectivity index (χ1n) is 9.71. The number of carbonyl (C=O) groups excluding carboxylic acids is 4. The van der Waals surface area contributed by atoms with Crippen LogP contribution in [-0.4, -0.2) is 56.1 Å².